The first-order valence-corrected chi connectivity index (χ1v) is 4.57. The van der Waals surface area contributed by atoms with Crippen LogP contribution in [0.5, 0.6) is 0 Å². The summed E-state index contributed by atoms with van der Waals surface area (Å²) in [4.78, 5) is 19.0. The Labute approximate surface area is 89.2 Å². The topological polar surface area (TPSA) is 80.4 Å². The second-order valence-electron chi connectivity index (χ2n) is 3.30. The normalized spacial score (nSPS) is 11.0. The van der Waals surface area contributed by atoms with E-state index in [2.05, 4.69) is 15.1 Å². The molecule has 0 aliphatic heterocycles. The lowest BCUT2D eigenvalue weighted by Crippen LogP contribution is -2.00. The van der Waals surface area contributed by atoms with Gasteiger partial charge in [0.05, 0.1) is 11.8 Å². The number of aromatic nitrogens is 4. The average molecular weight is 214 g/mol. The Hall–Kier alpha value is -2.50. The number of carbonyl (C=O) groups is 1. The van der Waals surface area contributed by atoms with Gasteiger partial charge < -0.3 is 5.11 Å². The molecule has 3 heterocycles. The number of hydrogen-bond donors (Lipinski definition) is 1. The molecule has 0 aliphatic rings. The van der Waals surface area contributed by atoms with E-state index in [1.54, 1.807) is 23.0 Å². The molecule has 0 bridgehead atoms. The van der Waals surface area contributed by atoms with Gasteiger partial charge >= 0.3 is 5.97 Å². The summed E-state index contributed by atoms with van der Waals surface area (Å²) in [6.07, 6.45) is 4.52. The van der Waals surface area contributed by atoms with E-state index in [-0.39, 0.29) is 5.56 Å². The molecular formula is C10H6N4O2. The third-order valence-electron chi connectivity index (χ3n) is 2.30. The minimum atomic E-state index is -1.00. The second-order valence-corrected chi connectivity index (χ2v) is 3.30. The summed E-state index contributed by atoms with van der Waals surface area (Å²) in [5.41, 5.74) is 1.42. The largest absolute Gasteiger partial charge is 0.478 e. The van der Waals surface area contributed by atoms with Gasteiger partial charge in [-0.1, -0.05) is 0 Å². The zero-order chi connectivity index (χ0) is 11.1. The fourth-order valence-electron chi connectivity index (χ4n) is 1.56. The predicted octanol–water partition coefficient (Wildman–Crippen LogP) is 0.976. The molecule has 6 nitrogen and oxygen atoms in total. The number of hydrogen-bond acceptors (Lipinski definition) is 4. The maximum absolute atomic E-state index is 10.8. The van der Waals surface area contributed by atoms with Crippen LogP contribution in [0, 0.1) is 0 Å². The Morgan fingerprint density at radius 1 is 1.31 bits per heavy atom. The summed E-state index contributed by atoms with van der Waals surface area (Å²) >= 11 is 0. The van der Waals surface area contributed by atoms with Crippen molar-refractivity contribution in [2.75, 3.05) is 0 Å². The Morgan fingerprint density at radius 3 is 3.00 bits per heavy atom. The molecule has 1 N–H and O–H groups in total. The minimum absolute atomic E-state index is 0.140. The standard InChI is InChI=1S/C10H6N4O2/c15-10(16)7-3-6-4-11-8-1-2-13-14(8)9(6)12-5-7/h1-5H,(H,15,16). The highest BCUT2D eigenvalue weighted by Gasteiger charge is 2.07. The molecule has 0 atom stereocenters. The molecule has 0 amide bonds. The molecule has 0 aromatic carbocycles. The number of nitrogens with zero attached hydrogens (tertiary/aromatic N) is 4. The van der Waals surface area contributed by atoms with E-state index >= 15 is 0 Å². The first kappa shape index (κ1) is 8.78. The van der Waals surface area contributed by atoms with Crippen molar-refractivity contribution in [1.29, 1.82) is 0 Å². The number of aromatic carboxylic acids is 1. The van der Waals surface area contributed by atoms with Gasteiger partial charge in [0.2, 0.25) is 0 Å². The molecule has 78 valence electrons. The van der Waals surface area contributed by atoms with Crippen molar-refractivity contribution in [3.05, 3.63) is 36.3 Å². The molecule has 0 radical (unpaired) electrons. The predicted molar refractivity (Wildman–Crippen MR) is 55.2 cm³/mol. The van der Waals surface area contributed by atoms with Crippen molar-refractivity contribution in [3.63, 3.8) is 0 Å². The van der Waals surface area contributed by atoms with Crippen LogP contribution in [0.1, 0.15) is 10.4 Å². The van der Waals surface area contributed by atoms with Crippen molar-refractivity contribution in [2.24, 2.45) is 0 Å². The lowest BCUT2D eigenvalue weighted by atomic mass is 10.2. The molecule has 3 aromatic rings. The van der Waals surface area contributed by atoms with Gasteiger partial charge in [-0.2, -0.15) is 9.61 Å². The maximum Gasteiger partial charge on any atom is 0.337 e. The lowest BCUT2D eigenvalue weighted by Gasteiger charge is -2.00. The van der Waals surface area contributed by atoms with Crippen molar-refractivity contribution in [2.45, 2.75) is 0 Å². The molecule has 0 saturated heterocycles. The molecule has 0 fully saturated rings. The summed E-state index contributed by atoms with van der Waals surface area (Å²) in [6.45, 7) is 0. The highest BCUT2D eigenvalue weighted by atomic mass is 16.4. The lowest BCUT2D eigenvalue weighted by molar-refractivity contribution is 0.0696. The van der Waals surface area contributed by atoms with Gasteiger partial charge in [-0.05, 0) is 6.07 Å². The van der Waals surface area contributed by atoms with Crippen molar-refractivity contribution in [3.8, 4) is 0 Å². The fourth-order valence-corrected chi connectivity index (χ4v) is 1.56. The molecule has 0 aliphatic carbocycles. The Balaban J connectivity index is 2.41. The summed E-state index contributed by atoms with van der Waals surface area (Å²) in [6, 6.07) is 3.28. The molecule has 6 heteroatoms. The van der Waals surface area contributed by atoms with Gasteiger partial charge in [0.15, 0.2) is 11.3 Å². The van der Waals surface area contributed by atoms with Gasteiger partial charge in [0, 0.05) is 23.8 Å². The smallest absolute Gasteiger partial charge is 0.337 e. The first-order chi connectivity index (χ1) is 7.75. The van der Waals surface area contributed by atoms with Crippen molar-refractivity contribution in [1.82, 2.24) is 19.6 Å². The van der Waals surface area contributed by atoms with Gasteiger partial charge in [0.1, 0.15) is 0 Å². The number of pyridine rings is 1. The Bertz CT molecular complexity index is 704. The highest BCUT2D eigenvalue weighted by Crippen LogP contribution is 2.13. The molecule has 3 rings (SSSR count). The maximum atomic E-state index is 10.8. The van der Waals surface area contributed by atoms with Crippen LogP contribution in [0.25, 0.3) is 16.7 Å². The number of carboxylic acid groups (broad SMARTS) is 1. The van der Waals surface area contributed by atoms with E-state index in [1.807, 2.05) is 0 Å². The van der Waals surface area contributed by atoms with Crippen molar-refractivity contribution >= 4 is 22.6 Å². The van der Waals surface area contributed by atoms with E-state index in [4.69, 9.17) is 5.11 Å². The summed E-state index contributed by atoms with van der Waals surface area (Å²) in [5, 5.41) is 13.5. The van der Waals surface area contributed by atoms with Crippen LogP contribution in [-0.2, 0) is 0 Å². The Kier molecular flexibility index (Phi) is 1.64. The summed E-state index contributed by atoms with van der Waals surface area (Å²) in [7, 11) is 0. The number of fused-ring (bicyclic) bond motifs is 3. The first-order valence-electron chi connectivity index (χ1n) is 4.57. The van der Waals surface area contributed by atoms with Gasteiger partial charge in [-0.15, -0.1) is 0 Å². The van der Waals surface area contributed by atoms with Crippen LogP contribution in [0.4, 0.5) is 0 Å². The zero-order valence-corrected chi connectivity index (χ0v) is 8.03. The zero-order valence-electron chi connectivity index (χ0n) is 8.03. The monoisotopic (exact) mass is 214 g/mol. The SMILES string of the molecule is O=C(O)c1cnc2c(cnc3ccnn32)c1. The van der Waals surface area contributed by atoms with E-state index in [9.17, 15) is 4.79 Å². The van der Waals surface area contributed by atoms with E-state index in [0.717, 1.165) is 0 Å². The second kappa shape index (κ2) is 2.99. The minimum Gasteiger partial charge on any atom is -0.478 e. The summed E-state index contributed by atoms with van der Waals surface area (Å²) < 4.78 is 1.57. The molecule has 0 unspecified atom stereocenters. The van der Waals surface area contributed by atoms with Crippen LogP contribution >= 0.6 is 0 Å². The molecule has 3 aromatic heterocycles. The van der Waals surface area contributed by atoms with Crippen LogP contribution in [0.15, 0.2) is 30.7 Å². The van der Waals surface area contributed by atoms with E-state index in [0.29, 0.717) is 16.7 Å². The van der Waals surface area contributed by atoms with E-state index < -0.39 is 5.97 Å². The fraction of sp³-hybridized carbons (Fsp3) is 0. The average Bonchev–Trinajstić information content (AvgIpc) is 2.76. The van der Waals surface area contributed by atoms with Gasteiger partial charge in [0.25, 0.3) is 0 Å². The van der Waals surface area contributed by atoms with Gasteiger partial charge in [-0.3, -0.25) is 0 Å². The van der Waals surface area contributed by atoms with E-state index in [1.165, 1.54) is 12.3 Å². The highest BCUT2D eigenvalue weighted by molar-refractivity contribution is 5.91. The quantitative estimate of drug-likeness (QED) is 0.653. The number of rotatable bonds is 1. The number of carboxylic acids is 1. The van der Waals surface area contributed by atoms with Crippen LogP contribution in [-0.4, -0.2) is 30.7 Å². The van der Waals surface area contributed by atoms with Crippen LogP contribution in [0.2, 0.25) is 0 Å². The van der Waals surface area contributed by atoms with Crippen LogP contribution in [0.3, 0.4) is 0 Å². The summed E-state index contributed by atoms with van der Waals surface area (Å²) in [5.74, 6) is -1.00. The molecule has 16 heavy (non-hydrogen) atoms. The molecule has 0 spiro atoms. The van der Waals surface area contributed by atoms with Gasteiger partial charge in [-0.25, -0.2) is 14.8 Å². The third kappa shape index (κ3) is 1.13. The molecular weight excluding hydrogens is 208 g/mol. The Morgan fingerprint density at radius 2 is 2.19 bits per heavy atom. The van der Waals surface area contributed by atoms with Crippen molar-refractivity contribution < 1.29 is 9.90 Å². The van der Waals surface area contributed by atoms with Crippen LogP contribution < -0.4 is 0 Å². The third-order valence-corrected chi connectivity index (χ3v) is 2.30. The molecule has 0 saturated carbocycles.